The number of H-pyrrole nitrogens is 1. The zero-order chi connectivity index (χ0) is 19.5. The van der Waals surface area contributed by atoms with Gasteiger partial charge in [-0.1, -0.05) is 18.2 Å². The van der Waals surface area contributed by atoms with Crippen LogP contribution in [0.25, 0.3) is 11.3 Å². The van der Waals surface area contributed by atoms with Crippen LogP contribution in [0, 0.1) is 6.92 Å². The Bertz CT molecular complexity index is 968. The van der Waals surface area contributed by atoms with Crippen LogP contribution in [-0.2, 0) is 0 Å². The van der Waals surface area contributed by atoms with E-state index in [-0.39, 0.29) is 12.0 Å². The third-order valence-electron chi connectivity index (χ3n) is 4.78. The van der Waals surface area contributed by atoms with Gasteiger partial charge in [0.2, 0.25) is 5.88 Å². The number of amides is 1. The van der Waals surface area contributed by atoms with E-state index in [9.17, 15) is 4.79 Å². The highest BCUT2D eigenvalue weighted by molar-refractivity contribution is 5.93. The summed E-state index contributed by atoms with van der Waals surface area (Å²) in [6, 6.07) is 13.2. The van der Waals surface area contributed by atoms with Gasteiger partial charge in [-0.3, -0.25) is 9.89 Å². The van der Waals surface area contributed by atoms with Gasteiger partial charge in [0.05, 0.1) is 19.3 Å². The number of likely N-dealkylation sites (tertiary alicyclic amines) is 1. The minimum atomic E-state index is -0.0791. The SMILES string of the molecule is COc1cccc(-c2cc(C(=O)N3CC[C@@H](Oc4ccc(C)cn4)C3)[nH]n2)c1. The first-order chi connectivity index (χ1) is 13.6. The lowest BCUT2D eigenvalue weighted by atomic mass is 10.1. The molecule has 2 aromatic heterocycles. The van der Waals surface area contributed by atoms with Gasteiger partial charge in [-0.2, -0.15) is 5.10 Å². The summed E-state index contributed by atoms with van der Waals surface area (Å²) < 4.78 is 11.1. The first-order valence-corrected chi connectivity index (χ1v) is 9.21. The molecule has 3 heterocycles. The van der Waals surface area contributed by atoms with Crippen LogP contribution in [0.5, 0.6) is 11.6 Å². The van der Waals surface area contributed by atoms with Crippen LogP contribution in [0.4, 0.5) is 0 Å². The largest absolute Gasteiger partial charge is 0.497 e. The average molecular weight is 378 g/mol. The smallest absolute Gasteiger partial charge is 0.272 e. The number of pyridine rings is 1. The maximum atomic E-state index is 12.8. The van der Waals surface area contributed by atoms with E-state index in [1.165, 1.54) is 0 Å². The Labute approximate surface area is 163 Å². The number of aryl methyl sites for hydroxylation is 1. The molecule has 1 atom stereocenters. The predicted octanol–water partition coefficient (Wildman–Crippen LogP) is 3.08. The molecule has 4 rings (SSSR count). The molecule has 0 unspecified atom stereocenters. The first-order valence-electron chi connectivity index (χ1n) is 9.21. The zero-order valence-corrected chi connectivity index (χ0v) is 15.9. The highest BCUT2D eigenvalue weighted by Gasteiger charge is 2.29. The van der Waals surface area contributed by atoms with E-state index in [4.69, 9.17) is 9.47 Å². The number of hydrogen-bond acceptors (Lipinski definition) is 5. The van der Waals surface area contributed by atoms with Crippen molar-refractivity contribution < 1.29 is 14.3 Å². The second-order valence-corrected chi connectivity index (χ2v) is 6.85. The molecular weight excluding hydrogens is 356 g/mol. The summed E-state index contributed by atoms with van der Waals surface area (Å²) in [6.45, 7) is 3.15. The zero-order valence-electron chi connectivity index (χ0n) is 15.9. The summed E-state index contributed by atoms with van der Waals surface area (Å²) in [5, 5.41) is 7.13. The molecule has 1 fully saturated rings. The summed E-state index contributed by atoms with van der Waals surface area (Å²) in [5.41, 5.74) is 3.15. The van der Waals surface area contributed by atoms with E-state index in [0.29, 0.717) is 30.4 Å². The van der Waals surface area contributed by atoms with Crippen molar-refractivity contribution in [1.29, 1.82) is 0 Å². The minimum Gasteiger partial charge on any atom is -0.497 e. The number of aromatic nitrogens is 3. The molecule has 1 aromatic carbocycles. The number of benzene rings is 1. The number of nitrogens with zero attached hydrogens (tertiary/aromatic N) is 3. The molecule has 1 saturated heterocycles. The van der Waals surface area contributed by atoms with E-state index in [1.807, 2.05) is 43.3 Å². The van der Waals surface area contributed by atoms with Crippen molar-refractivity contribution in [1.82, 2.24) is 20.1 Å². The maximum absolute atomic E-state index is 12.8. The molecule has 1 aliphatic rings. The van der Waals surface area contributed by atoms with E-state index in [0.717, 1.165) is 23.3 Å². The molecule has 0 saturated carbocycles. The van der Waals surface area contributed by atoms with Gasteiger partial charge in [0, 0.05) is 30.8 Å². The lowest BCUT2D eigenvalue weighted by molar-refractivity contribution is 0.0765. The lowest BCUT2D eigenvalue weighted by Crippen LogP contribution is -2.31. The Balaban J connectivity index is 1.41. The minimum absolute atomic E-state index is 0.0556. The highest BCUT2D eigenvalue weighted by atomic mass is 16.5. The summed E-state index contributed by atoms with van der Waals surface area (Å²) in [7, 11) is 1.62. The number of rotatable bonds is 5. The molecule has 144 valence electrons. The van der Waals surface area contributed by atoms with Crippen molar-refractivity contribution in [2.24, 2.45) is 0 Å². The van der Waals surface area contributed by atoms with Gasteiger partial charge in [0.1, 0.15) is 17.5 Å². The highest BCUT2D eigenvalue weighted by Crippen LogP contribution is 2.24. The third-order valence-corrected chi connectivity index (χ3v) is 4.78. The topological polar surface area (TPSA) is 80.3 Å². The van der Waals surface area contributed by atoms with Gasteiger partial charge in [-0.25, -0.2) is 4.98 Å². The Morgan fingerprint density at radius 3 is 2.93 bits per heavy atom. The fourth-order valence-corrected chi connectivity index (χ4v) is 3.24. The van der Waals surface area contributed by atoms with Crippen molar-refractivity contribution in [2.75, 3.05) is 20.2 Å². The van der Waals surface area contributed by atoms with Gasteiger partial charge in [-0.05, 0) is 30.7 Å². The fraction of sp³-hybridized carbons (Fsp3) is 0.286. The lowest BCUT2D eigenvalue weighted by Gasteiger charge is -2.16. The average Bonchev–Trinajstić information content (AvgIpc) is 3.39. The van der Waals surface area contributed by atoms with Crippen LogP contribution in [0.2, 0.25) is 0 Å². The second-order valence-electron chi connectivity index (χ2n) is 6.85. The van der Waals surface area contributed by atoms with Crippen molar-refractivity contribution in [2.45, 2.75) is 19.4 Å². The van der Waals surface area contributed by atoms with Crippen LogP contribution in [0.15, 0.2) is 48.7 Å². The van der Waals surface area contributed by atoms with Crippen molar-refractivity contribution in [3.05, 3.63) is 59.9 Å². The number of methoxy groups -OCH3 is 1. The Morgan fingerprint density at radius 2 is 2.14 bits per heavy atom. The molecular formula is C21H22N4O3. The quantitative estimate of drug-likeness (QED) is 0.738. The van der Waals surface area contributed by atoms with Gasteiger partial charge in [0.15, 0.2) is 0 Å². The molecule has 1 N–H and O–H groups in total. The number of hydrogen-bond donors (Lipinski definition) is 1. The summed E-state index contributed by atoms with van der Waals surface area (Å²) in [5.74, 6) is 1.26. The van der Waals surface area contributed by atoms with E-state index in [1.54, 1.807) is 24.3 Å². The van der Waals surface area contributed by atoms with E-state index >= 15 is 0 Å². The normalized spacial score (nSPS) is 16.2. The van der Waals surface area contributed by atoms with Crippen molar-refractivity contribution in [3.8, 4) is 22.9 Å². The van der Waals surface area contributed by atoms with Crippen LogP contribution in [0.1, 0.15) is 22.5 Å². The number of ether oxygens (including phenoxy) is 2. The first kappa shape index (κ1) is 18.0. The molecule has 7 heteroatoms. The molecule has 3 aromatic rings. The molecule has 28 heavy (non-hydrogen) atoms. The fourth-order valence-electron chi connectivity index (χ4n) is 3.24. The van der Waals surface area contributed by atoms with Crippen molar-refractivity contribution in [3.63, 3.8) is 0 Å². The van der Waals surface area contributed by atoms with E-state index in [2.05, 4.69) is 15.2 Å². The monoisotopic (exact) mass is 378 g/mol. The Kier molecular flexibility index (Phi) is 4.97. The standard InChI is InChI=1S/C21H22N4O3/c1-14-6-7-20(22-12-14)28-17-8-9-25(13-17)21(26)19-11-18(23-24-19)15-4-3-5-16(10-15)27-2/h3-7,10-12,17H,8-9,13H2,1-2H3,(H,23,24)/t17-/m1/s1. The summed E-state index contributed by atoms with van der Waals surface area (Å²) in [4.78, 5) is 18.9. The third kappa shape index (κ3) is 3.83. The van der Waals surface area contributed by atoms with Crippen LogP contribution in [-0.4, -0.2) is 52.3 Å². The molecule has 0 radical (unpaired) electrons. The second kappa shape index (κ2) is 7.72. The van der Waals surface area contributed by atoms with Crippen molar-refractivity contribution >= 4 is 5.91 Å². The predicted molar refractivity (Wildman–Crippen MR) is 104 cm³/mol. The van der Waals surface area contributed by atoms with Gasteiger partial charge < -0.3 is 14.4 Å². The van der Waals surface area contributed by atoms with Gasteiger partial charge in [0.25, 0.3) is 5.91 Å². The van der Waals surface area contributed by atoms with Crippen LogP contribution < -0.4 is 9.47 Å². The van der Waals surface area contributed by atoms with Gasteiger partial charge >= 0.3 is 0 Å². The Hall–Kier alpha value is -3.35. The number of nitrogens with one attached hydrogen (secondary N) is 1. The van der Waals surface area contributed by atoms with Crippen LogP contribution >= 0.6 is 0 Å². The molecule has 0 spiro atoms. The molecule has 0 aliphatic carbocycles. The summed E-state index contributed by atoms with van der Waals surface area (Å²) in [6.07, 6.45) is 2.50. The molecule has 7 nitrogen and oxygen atoms in total. The molecule has 1 aliphatic heterocycles. The van der Waals surface area contributed by atoms with E-state index < -0.39 is 0 Å². The van der Waals surface area contributed by atoms with Crippen LogP contribution in [0.3, 0.4) is 0 Å². The Morgan fingerprint density at radius 1 is 1.25 bits per heavy atom. The molecule has 0 bridgehead atoms. The summed E-state index contributed by atoms with van der Waals surface area (Å²) >= 11 is 0. The number of carbonyl (C=O) groups is 1. The number of aromatic amines is 1. The number of carbonyl (C=O) groups excluding carboxylic acids is 1. The maximum Gasteiger partial charge on any atom is 0.272 e. The molecule has 1 amide bonds. The van der Waals surface area contributed by atoms with Gasteiger partial charge in [-0.15, -0.1) is 0 Å².